The summed E-state index contributed by atoms with van der Waals surface area (Å²) in [6.07, 6.45) is 1.88. The molecule has 0 aliphatic carbocycles. The Balaban J connectivity index is 0. The third-order valence-electron chi connectivity index (χ3n) is 0.499. The molecule has 0 aliphatic rings. The standard InChI is InChI=1S/C4H5ClO2.C3H4O2/c1-2-7-4(6)3-5;1-2-3(4)5/h2H,1,3H2;2H,1H2,(H,4,5). The second-order valence-corrected chi connectivity index (χ2v) is 1.60. The Labute approximate surface area is 75.1 Å². The molecule has 5 heteroatoms. The second kappa shape index (κ2) is 9.71. The lowest BCUT2D eigenvalue weighted by Crippen LogP contribution is -1.98. The highest BCUT2D eigenvalue weighted by Gasteiger charge is 1.91. The predicted molar refractivity (Wildman–Crippen MR) is 44.8 cm³/mol. The van der Waals surface area contributed by atoms with Crippen LogP contribution in [0.4, 0.5) is 0 Å². The van der Waals surface area contributed by atoms with E-state index in [1.165, 1.54) is 0 Å². The quantitative estimate of drug-likeness (QED) is 0.316. The van der Waals surface area contributed by atoms with Gasteiger partial charge in [0.15, 0.2) is 0 Å². The molecular weight excluding hydrogens is 184 g/mol. The van der Waals surface area contributed by atoms with Gasteiger partial charge in [-0.15, -0.1) is 11.6 Å². The Morgan fingerprint density at radius 1 is 1.50 bits per heavy atom. The van der Waals surface area contributed by atoms with Crippen molar-refractivity contribution in [3.05, 3.63) is 25.5 Å². The first-order chi connectivity index (χ1) is 5.58. The SMILES string of the molecule is C=CC(=O)O.C=COC(=O)CCl. The van der Waals surface area contributed by atoms with Crippen LogP contribution in [0.25, 0.3) is 0 Å². The van der Waals surface area contributed by atoms with Gasteiger partial charge in [0.05, 0.1) is 6.26 Å². The molecule has 0 unspecified atom stereocenters. The van der Waals surface area contributed by atoms with Crippen LogP contribution in [0.5, 0.6) is 0 Å². The summed E-state index contributed by atoms with van der Waals surface area (Å²) < 4.78 is 4.18. The molecule has 0 saturated heterocycles. The van der Waals surface area contributed by atoms with Crippen LogP contribution in [-0.4, -0.2) is 22.9 Å². The minimum Gasteiger partial charge on any atom is -0.478 e. The summed E-state index contributed by atoms with van der Waals surface area (Å²) in [7, 11) is 0. The van der Waals surface area contributed by atoms with Gasteiger partial charge < -0.3 is 9.84 Å². The number of alkyl halides is 1. The van der Waals surface area contributed by atoms with Crippen LogP contribution in [0, 0.1) is 0 Å². The van der Waals surface area contributed by atoms with Crippen LogP contribution >= 0.6 is 11.6 Å². The van der Waals surface area contributed by atoms with Crippen LogP contribution in [0.3, 0.4) is 0 Å². The van der Waals surface area contributed by atoms with Gasteiger partial charge in [-0.05, 0) is 0 Å². The molecule has 0 rings (SSSR count). The monoisotopic (exact) mass is 192 g/mol. The minimum atomic E-state index is -0.981. The van der Waals surface area contributed by atoms with E-state index in [0.29, 0.717) is 0 Å². The van der Waals surface area contributed by atoms with Crippen molar-refractivity contribution in [1.82, 2.24) is 0 Å². The number of carbonyl (C=O) groups is 2. The van der Waals surface area contributed by atoms with Crippen LogP contribution in [0.1, 0.15) is 0 Å². The van der Waals surface area contributed by atoms with Crippen molar-refractivity contribution < 1.29 is 19.4 Å². The van der Waals surface area contributed by atoms with E-state index in [0.717, 1.165) is 12.3 Å². The molecule has 0 aromatic carbocycles. The Kier molecular flexibility index (Phi) is 10.8. The van der Waals surface area contributed by atoms with Gasteiger partial charge in [0.1, 0.15) is 5.88 Å². The van der Waals surface area contributed by atoms with Crippen molar-refractivity contribution in [1.29, 1.82) is 0 Å². The third-order valence-corrected chi connectivity index (χ3v) is 0.717. The molecule has 0 aromatic heterocycles. The van der Waals surface area contributed by atoms with E-state index in [4.69, 9.17) is 16.7 Å². The van der Waals surface area contributed by atoms with Gasteiger partial charge in [-0.1, -0.05) is 13.2 Å². The molecule has 0 bridgehead atoms. The summed E-state index contributed by atoms with van der Waals surface area (Å²) in [6, 6.07) is 0. The summed E-state index contributed by atoms with van der Waals surface area (Å²) in [5.41, 5.74) is 0. The predicted octanol–water partition coefficient (Wildman–Crippen LogP) is 1.17. The van der Waals surface area contributed by atoms with Gasteiger partial charge in [0.2, 0.25) is 0 Å². The number of hydrogen-bond acceptors (Lipinski definition) is 3. The largest absolute Gasteiger partial charge is 0.478 e. The Hall–Kier alpha value is -1.29. The van der Waals surface area contributed by atoms with Crippen molar-refractivity contribution >= 4 is 23.5 Å². The number of carbonyl (C=O) groups excluding carboxylic acids is 1. The van der Waals surface area contributed by atoms with E-state index in [-0.39, 0.29) is 5.88 Å². The maximum atomic E-state index is 9.99. The van der Waals surface area contributed by atoms with Gasteiger partial charge in [-0.2, -0.15) is 0 Å². The van der Waals surface area contributed by atoms with Crippen LogP contribution in [-0.2, 0) is 14.3 Å². The number of ether oxygens (including phenoxy) is 1. The van der Waals surface area contributed by atoms with Crippen LogP contribution < -0.4 is 0 Å². The zero-order chi connectivity index (χ0) is 9.98. The smallest absolute Gasteiger partial charge is 0.327 e. The summed E-state index contributed by atoms with van der Waals surface area (Å²) in [5, 5.41) is 7.60. The number of rotatable bonds is 3. The Morgan fingerprint density at radius 3 is 2.00 bits per heavy atom. The molecule has 12 heavy (non-hydrogen) atoms. The zero-order valence-corrected chi connectivity index (χ0v) is 7.08. The lowest BCUT2D eigenvalue weighted by Gasteiger charge is -1.87. The average molecular weight is 193 g/mol. The van der Waals surface area contributed by atoms with E-state index in [1.54, 1.807) is 0 Å². The number of carboxylic acids is 1. The molecule has 1 N–H and O–H groups in total. The topological polar surface area (TPSA) is 63.6 Å². The highest BCUT2D eigenvalue weighted by Crippen LogP contribution is 1.80. The molecule has 0 amide bonds. The van der Waals surface area contributed by atoms with Crippen molar-refractivity contribution in [2.75, 3.05) is 5.88 Å². The lowest BCUT2D eigenvalue weighted by atomic mass is 10.7. The van der Waals surface area contributed by atoms with Gasteiger partial charge in [0.25, 0.3) is 0 Å². The van der Waals surface area contributed by atoms with E-state index >= 15 is 0 Å². The molecule has 0 radical (unpaired) electrons. The van der Waals surface area contributed by atoms with E-state index in [2.05, 4.69) is 17.9 Å². The fourth-order valence-electron chi connectivity index (χ4n) is 0.124. The molecule has 4 nitrogen and oxygen atoms in total. The summed E-state index contributed by atoms with van der Waals surface area (Å²) >= 11 is 5.01. The molecule has 0 aliphatic heterocycles. The van der Waals surface area contributed by atoms with E-state index in [9.17, 15) is 9.59 Å². The van der Waals surface area contributed by atoms with Crippen LogP contribution in [0.15, 0.2) is 25.5 Å². The molecule has 0 saturated carbocycles. The van der Waals surface area contributed by atoms with E-state index in [1.807, 2.05) is 0 Å². The highest BCUT2D eigenvalue weighted by molar-refractivity contribution is 6.26. The van der Waals surface area contributed by atoms with Gasteiger partial charge in [0, 0.05) is 6.08 Å². The number of carboxylic acid groups (broad SMARTS) is 1. The molecular formula is C7H9ClO4. The maximum Gasteiger partial charge on any atom is 0.327 e. The lowest BCUT2D eigenvalue weighted by molar-refractivity contribution is -0.135. The number of aliphatic carboxylic acids is 1. The molecule has 68 valence electrons. The zero-order valence-electron chi connectivity index (χ0n) is 6.33. The first-order valence-electron chi connectivity index (χ1n) is 2.80. The fourth-order valence-corrected chi connectivity index (χ4v) is 0.187. The maximum absolute atomic E-state index is 9.99. The number of hydrogen-bond donors (Lipinski definition) is 1. The van der Waals surface area contributed by atoms with Crippen molar-refractivity contribution in [2.24, 2.45) is 0 Å². The van der Waals surface area contributed by atoms with Gasteiger partial charge >= 0.3 is 11.9 Å². The Bertz CT molecular complexity index is 176. The Morgan fingerprint density at radius 2 is 1.92 bits per heavy atom. The highest BCUT2D eigenvalue weighted by atomic mass is 35.5. The molecule has 0 heterocycles. The fraction of sp³-hybridized carbons (Fsp3) is 0.143. The van der Waals surface area contributed by atoms with Crippen molar-refractivity contribution in [3.8, 4) is 0 Å². The average Bonchev–Trinajstić information content (AvgIpc) is 2.06. The molecule has 0 aromatic rings. The summed E-state index contributed by atoms with van der Waals surface area (Å²) in [4.78, 5) is 19.2. The number of esters is 1. The minimum absolute atomic E-state index is 0.119. The van der Waals surface area contributed by atoms with Crippen molar-refractivity contribution in [3.63, 3.8) is 0 Å². The summed E-state index contributed by atoms with van der Waals surface area (Å²) in [6.45, 7) is 6.11. The summed E-state index contributed by atoms with van der Waals surface area (Å²) in [5.74, 6) is -1.58. The van der Waals surface area contributed by atoms with E-state index < -0.39 is 11.9 Å². The molecule has 0 spiro atoms. The third kappa shape index (κ3) is 15.9. The second-order valence-electron chi connectivity index (χ2n) is 1.33. The molecule has 0 fully saturated rings. The first kappa shape index (κ1) is 13.3. The normalized spacial score (nSPS) is 7.08. The first-order valence-corrected chi connectivity index (χ1v) is 3.33. The number of halogens is 1. The van der Waals surface area contributed by atoms with Crippen LogP contribution in [0.2, 0.25) is 0 Å². The molecule has 0 atom stereocenters. The van der Waals surface area contributed by atoms with Crippen molar-refractivity contribution in [2.45, 2.75) is 0 Å². The van der Waals surface area contributed by atoms with Gasteiger partial charge in [-0.25, -0.2) is 4.79 Å². The van der Waals surface area contributed by atoms with Gasteiger partial charge in [-0.3, -0.25) is 4.79 Å².